The van der Waals surface area contributed by atoms with E-state index < -0.39 is 0 Å². The molecule has 4 heterocycles. The summed E-state index contributed by atoms with van der Waals surface area (Å²) in [7, 11) is 1.90. The number of hydrogen-bond acceptors (Lipinski definition) is 8. The van der Waals surface area contributed by atoms with Crippen LogP contribution in [0.2, 0.25) is 0 Å². The minimum absolute atomic E-state index is 0.104. The monoisotopic (exact) mass is 411 g/mol. The highest BCUT2D eigenvalue weighted by molar-refractivity contribution is 7.18. The van der Waals surface area contributed by atoms with Gasteiger partial charge in [0, 0.05) is 38.8 Å². The van der Waals surface area contributed by atoms with Gasteiger partial charge < -0.3 is 14.9 Å². The summed E-state index contributed by atoms with van der Waals surface area (Å²) < 4.78 is 1.78. The van der Waals surface area contributed by atoms with Crippen LogP contribution in [0.4, 0.5) is 11.1 Å². The van der Waals surface area contributed by atoms with Gasteiger partial charge in [-0.1, -0.05) is 41.7 Å². The van der Waals surface area contributed by atoms with Gasteiger partial charge in [0.05, 0.1) is 6.10 Å². The summed E-state index contributed by atoms with van der Waals surface area (Å²) in [6.45, 7) is 3.40. The molecule has 2 fully saturated rings. The summed E-state index contributed by atoms with van der Waals surface area (Å²) in [5.74, 6) is 0.835. The van der Waals surface area contributed by atoms with Crippen molar-refractivity contribution in [2.24, 2.45) is 12.5 Å². The molecule has 2 aliphatic rings. The molecule has 5 rings (SSSR count). The zero-order valence-corrected chi connectivity index (χ0v) is 17.3. The molecule has 9 heteroatoms. The van der Waals surface area contributed by atoms with E-state index in [0.29, 0.717) is 6.54 Å². The largest absolute Gasteiger partial charge is 0.391 e. The summed E-state index contributed by atoms with van der Waals surface area (Å²) in [5.41, 5.74) is 1.21. The van der Waals surface area contributed by atoms with E-state index in [0.717, 1.165) is 60.5 Å². The lowest BCUT2D eigenvalue weighted by atomic mass is 9.72. The van der Waals surface area contributed by atoms with Crippen LogP contribution < -0.4 is 9.80 Å². The van der Waals surface area contributed by atoms with Crippen molar-refractivity contribution < 1.29 is 5.11 Å². The molecule has 29 heavy (non-hydrogen) atoms. The van der Waals surface area contributed by atoms with Crippen LogP contribution in [0.25, 0.3) is 10.6 Å². The number of aliphatic hydroxyl groups excluding tert-OH is 1. The Hall–Kier alpha value is -2.52. The van der Waals surface area contributed by atoms with Crippen molar-refractivity contribution in [3.05, 3.63) is 36.7 Å². The number of rotatable bonds is 3. The van der Waals surface area contributed by atoms with E-state index in [1.54, 1.807) is 22.3 Å². The number of hydrogen-bond donors (Lipinski definition) is 1. The van der Waals surface area contributed by atoms with Gasteiger partial charge in [-0.3, -0.25) is 0 Å². The van der Waals surface area contributed by atoms with E-state index in [1.807, 2.05) is 25.2 Å². The number of aryl methyl sites for hydroxylation is 1. The van der Waals surface area contributed by atoms with Crippen LogP contribution in [-0.4, -0.2) is 62.4 Å². The summed E-state index contributed by atoms with van der Waals surface area (Å²) in [4.78, 5) is 8.91. The molecule has 1 spiro atoms. The van der Waals surface area contributed by atoms with Gasteiger partial charge in [-0.15, -0.1) is 10.2 Å². The highest BCUT2D eigenvalue weighted by Crippen LogP contribution is 2.42. The van der Waals surface area contributed by atoms with Gasteiger partial charge in [-0.05, 0) is 24.7 Å². The molecule has 1 N–H and O–H groups in total. The Labute approximate surface area is 173 Å². The highest BCUT2D eigenvalue weighted by atomic mass is 32.1. The minimum atomic E-state index is -0.335. The molecule has 0 saturated carbocycles. The normalized spacial score (nSPS) is 21.7. The van der Waals surface area contributed by atoms with Crippen molar-refractivity contribution in [3.8, 4) is 10.6 Å². The zero-order chi connectivity index (χ0) is 19.8. The zero-order valence-electron chi connectivity index (χ0n) is 16.5. The summed E-state index contributed by atoms with van der Waals surface area (Å²) >= 11 is 1.65. The predicted molar refractivity (Wildman–Crippen MR) is 113 cm³/mol. The van der Waals surface area contributed by atoms with Crippen molar-refractivity contribution in [2.45, 2.75) is 25.4 Å². The van der Waals surface area contributed by atoms with E-state index in [9.17, 15) is 5.11 Å². The third-order valence-corrected chi connectivity index (χ3v) is 7.16. The first-order valence-electron chi connectivity index (χ1n) is 10.0. The van der Waals surface area contributed by atoms with Gasteiger partial charge in [0.25, 0.3) is 0 Å². The molecule has 1 unspecified atom stereocenters. The number of piperidine rings is 2. The van der Waals surface area contributed by atoms with Crippen molar-refractivity contribution in [2.75, 3.05) is 36.0 Å². The molecule has 2 aliphatic heterocycles. The molecule has 1 atom stereocenters. The number of benzene rings is 1. The van der Waals surface area contributed by atoms with E-state index in [-0.39, 0.29) is 11.5 Å². The van der Waals surface area contributed by atoms with Crippen molar-refractivity contribution in [3.63, 3.8) is 0 Å². The Morgan fingerprint density at radius 2 is 1.90 bits per heavy atom. The molecule has 2 saturated heterocycles. The molecule has 1 aromatic carbocycles. The Balaban J connectivity index is 1.28. The third kappa shape index (κ3) is 3.60. The quantitative estimate of drug-likeness (QED) is 0.707. The standard InChI is InChI=1S/C20H25N7OS/c1-25-18(21-14-22-25)27-12-16(28)11-20(13-27)7-9-26(10-8-20)19-24-23-17(29-19)15-5-3-2-4-6-15/h2-6,14,16,28H,7-13H2,1H3. The molecule has 2 aromatic heterocycles. The lowest BCUT2D eigenvalue weighted by molar-refractivity contribution is 0.0589. The van der Waals surface area contributed by atoms with Crippen molar-refractivity contribution in [1.29, 1.82) is 0 Å². The molecular formula is C20H25N7OS. The van der Waals surface area contributed by atoms with Crippen molar-refractivity contribution >= 4 is 22.4 Å². The van der Waals surface area contributed by atoms with Gasteiger partial charge in [0.2, 0.25) is 11.1 Å². The fourth-order valence-corrected chi connectivity index (χ4v) is 5.56. The Morgan fingerprint density at radius 1 is 1.10 bits per heavy atom. The number of aliphatic hydroxyl groups is 1. The molecule has 0 radical (unpaired) electrons. The lowest BCUT2D eigenvalue weighted by Crippen LogP contribution is -2.54. The van der Waals surface area contributed by atoms with Crippen LogP contribution in [0, 0.1) is 5.41 Å². The number of anilines is 2. The molecular weight excluding hydrogens is 386 g/mol. The predicted octanol–water partition coefficient (Wildman–Crippen LogP) is 2.19. The Morgan fingerprint density at radius 3 is 2.62 bits per heavy atom. The fourth-order valence-electron chi connectivity index (χ4n) is 4.66. The maximum absolute atomic E-state index is 10.6. The van der Waals surface area contributed by atoms with E-state index in [4.69, 9.17) is 0 Å². The molecule has 3 aromatic rings. The van der Waals surface area contributed by atoms with E-state index >= 15 is 0 Å². The van der Waals surface area contributed by atoms with Crippen LogP contribution >= 0.6 is 11.3 Å². The van der Waals surface area contributed by atoms with E-state index in [1.165, 1.54) is 0 Å². The van der Waals surface area contributed by atoms with Crippen LogP contribution in [0.1, 0.15) is 19.3 Å². The molecule has 0 bridgehead atoms. The third-order valence-electron chi connectivity index (χ3n) is 6.13. The minimum Gasteiger partial charge on any atom is -0.391 e. The van der Waals surface area contributed by atoms with Crippen LogP contribution in [0.3, 0.4) is 0 Å². The average molecular weight is 412 g/mol. The Bertz CT molecular complexity index is 964. The van der Waals surface area contributed by atoms with Crippen molar-refractivity contribution in [1.82, 2.24) is 25.0 Å². The number of β-amino-alcohol motifs (C(OH)–C–C–N with tert-alkyl or cyclic N) is 1. The first-order chi connectivity index (χ1) is 14.1. The summed E-state index contributed by atoms with van der Waals surface area (Å²) in [6.07, 6.45) is 4.14. The average Bonchev–Trinajstić information content (AvgIpc) is 3.38. The smallest absolute Gasteiger partial charge is 0.223 e. The highest BCUT2D eigenvalue weighted by Gasteiger charge is 2.43. The van der Waals surface area contributed by atoms with Gasteiger partial charge in [0.1, 0.15) is 11.3 Å². The second-order valence-corrected chi connectivity index (χ2v) is 9.12. The molecule has 152 valence electrons. The maximum Gasteiger partial charge on any atom is 0.223 e. The molecule has 0 aliphatic carbocycles. The fraction of sp³-hybridized carbons (Fsp3) is 0.500. The second kappa shape index (κ2) is 7.38. The first kappa shape index (κ1) is 18.5. The SMILES string of the molecule is Cn1ncnc1N1CC(O)CC2(CCN(c3nnc(-c4ccccc4)s3)CC2)C1. The second-order valence-electron chi connectivity index (χ2n) is 8.16. The van der Waals surface area contributed by atoms with Gasteiger partial charge in [0.15, 0.2) is 0 Å². The maximum atomic E-state index is 10.6. The molecule has 0 amide bonds. The summed E-state index contributed by atoms with van der Waals surface area (Å²) in [6, 6.07) is 10.2. The summed E-state index contributed by atoms with van der Waals surface area (Å²) in [5, 5.41) is 25.5. The topological polar surface area (TPSA) is 83.2 Å². The molecule has 8 nitrogen and oxygen atoms in total. The van der Waals surface area contributed by atoms with Crippen LogP contribution in [0.15, 0.2) is 36.7 Å². The Kier molecular flexibility index (Phi) is 4.71. The van der Waals surface area contributed by atoms with Gasteiger partial charge in [-0.2, -0.15) is 10.1 Å². The number of aromatic nitrogens is 5. The number of nitrogens with zero attached hydrogens (tertiary/aromatic N) is 7. The van der Waals surface area contributed by atoms with Gasteiger partial charge >= 0.3 is 0 Å². The first-order valence-corrected chi connectivity index (χ1v) is 10.8. The van der Waals surface area contributed by atoms with Crippen LogP contribution in [-0.2, 0) is 7.05 Å². The van der Waals surface area contributed by atoms with Gasteiger partial charge in [-0.25, -0.2) is 4.68 Å². The van der Waals surface area contributed by atoms with Crippen LogP contribution in [0.5, 0.6) is 0 Å². The lowest BCUT2D eigenvalue weighted by Gasteiger charge is -2.49. The van der Waals surface area contributed by atoms with E-state index in [2.05, 4.69) is 42.2 Å².